The molecule has 0 bridgehead atoms. The number of benzene rings is 3. The average Bonchev–Trinajstić information content (AvgIpc) is 3.05. The highest BCUT2D eigenvalue weighted by Gasteiger charge is 2.31. The van der Waals surface area contributed by atoms with Crippen molar-refractivity contribution in [3.63, 3.8) is 0 Å². The largest absolute Gasteiger partial charge is 0.488 e. The Morgan fingerprint density at radius 1 is 1.07 bits per heavy atom. The first-order valence-corrected chi connectivity index (χ1v) is 15.8. The third kappa shape index (κ3) is 10.3. The quantitative estimate of drug-likeness (QED) is 0.278. The summed E-state index contributed by atoms with van der Waals surface area (Å²) in [5, 5.41) is 12.9. The molecule has 45 heavy (non-hydrogen) atoms. The summed E-state index contributed by atoms with van der Waals surface area (Å²) >= 11 is 0. The Labute approximate surface area is 267 Å². The first-order valence-electron chi connectivity index (χ1n) is 15.8. The number of aliphatic hydroxyl groups is 1. The van der Waals surface area contributed by atoms with Crippen LogP contribution in [0.15, 0.2) is 72.8 Å². The van der Waals surface area contributed by atoms with Crippen molar-refractivity contribution < 1.29 is 24.2 Å². The summed E-state index contributed by atoms with van der Waals surface area (Å²) in [4.78, 5) is 32.1. The highest BCUT2D eigenvalue weighted by molar-refractivity contribution is 5.91. The second-order valence-electron chi connectivity index (χ2n) is 12.4. The van der Waals surface area contributed by atoms with Crippen molar-refractivity contribution >= 4 is 17.5 Å². The lowest BCUT2D eigenvalue weighted by Crippen LogP contribution is -2.47. The van der Waals surface area contributed by atoms with Gasteiger partial charge in [-0.3, -0.25) is 14.5 Å². The fourth-order valence-corrected chi connectivity index (χ4v) is 5.48. The molecular weight excluding hydrogens is 568 g/mol. The average molecular weight is 617 g/mol. The molecule has 0 saturated heterocycles. The van der Waals surface area contributed by atoms with Crippen LogP contribution in [0.4, 0.5) is 5.69 Å². The van der Waals surface area contributed by atoms with Gasteiger partial charge in [0.25, 0.3) is 0 Å². The van der Waals surface area contributed by atoms with E-state index in [1.165, 1.54) is 0 Å². The van der Waals surface area contributed by atoms with Crippen molar-refractivity contribution in [3.8, 4) is 17.2 Å². The van der Waals surface area contributed by atoms with Crippen molar-refractivity contribution in [2.75, 3.05) is 52.7 Å². The van der Waals surface area contributed by atoms with Crippen molar-refractivity contribution in [2.24, 2.45) is 5.92 Å². The molecule has 0 aromatic heterocycles. The van der Waals surface area contributed by atoms with Gasteiger partial charge in [0.05, 0.1) is 19.1 Å². The van der Waals surface area contributed by atoms with Crippen molar-refractivity contribution in [3.05, 3.63) is 83.9 Å². The number of likely N-dealkylation sites (N-methyl/N-ethyl adjacent to an activating group) is 1. The highest BCUT2D eigenvalue weighted by atomic mass is 16.5. The van der Waals surface area contributed by atoms with Gasteiger partial charge < -0.3 is 29.7 Å². The topological polar surface area (TPSA) is 94.6 Å². The van der Waals surface area contributed by atoms with E-state index in [-0.39, 0.29) is 42.9 Å². The van der Waals surface area contributed by atoms with Crippen LogP contribution in [0.3, 0.4) is 0 Å². The van der Waals surface area contributed by atoms with Crippen molar-refractivity contribution in [2.45, 2.75) is 51.8 Å². The first-order chi connectivity index (χ1) is 21.6. The van der Waals surface area contributed by atoms with Gasteiger partial charge in [-0.25, -0.2) is 0 Å². The Morgan fingerprint density at radius 2 is 1.78 bits per heavy atom. The summed E-state index contributed by atoms with van der Waals surface area (Å²) in [7, 11) is 6.03. The van der Waals surface area contributed by atoms with Gasteiger partial charge in [0.1, 0.15) is 23.4 Å². The zero-order valence-corrected chi connectivity index (χ0v) is 27.2. The molecule has 0 saturated carbocycles. The number of amides is 2. The second-order valence-corrected chi connectivity index (χ2v) is 12.4. The summed E-state index contributed by atoms with van der Waals surface area (Å²) in [6, 6.07) is 23.0. The zero-order valence-electron chi connectivity index (χ0n) is 27.2. The van der Waals surface area contributed by atoms with Crippen molar-refractivity contribution in [1.82, 2.24) is 14.7 Å². The second kappa shape index (κ2) is 16.4. The molecule has 3 atom stereocenters. The van der Waals surface area contributed by atoms with E-state index in [0.717, 1.165) is 35.6 Å². The maximum Gasteiger partial charge on any atom is 0.227 e. The van der Waals surface area contributed by atoms with Crippen LogP contribution in [0, 0.1) is 5.92 Å². The molecular formula is C36H48N4O5. The van der Waals surface area contributed by atoms with Crippen molar-refractivity contribution in [1.29, 1.82) is 0 Å². The number of para-hydroxylation sites is 1. The van der Waals surface area contributed by atoms with Gasteiger partial charge in [-0.15, -0.1) is 0 Å². The Hall–Kier alpha value is -3.92. The lowest BCUT2D eigenvalue weighted by atomic mass is 10.0. The summed E-state index contributed by atoms with van der Waals surface area (Å²) < 4.78 is 12.6. The molecule has 0 fully saturated rings. The third-order valence-electron chi connectivity index (χ3n) is 8.06. The number of anilines is 1. The number of carbonyl (C=O) groups excluding carboxylic acids is 2. The number of hydrogen-bond donors (Lipinski definition) is 2. The minimum atomic E-state index is -0.323. The number of hydrogen-bond acceptors (Lipinski definition) is 7. The molecule has 242 valence electrons. The Bertz CT molecular complexity index is 1380. The maximum absolute atomic E-state index is 13.5. The molecule has 1 aliphatic rings. The predicted octanol–water partition coefficient (Wildman–Crippen LogP) is 5.04. The van der Waals surface area contributed by atoms with Gasteiger partial charge in [-0.05, 0) is 89.1 Å². The summed E-state index contributed by atoms with van der Waals surface area (Å²) in [5.41, 5.74) is 2.50. The van der Waals surface area contributed by atoms with Crippen LogP contribution in [-0.4, -0.2) is 91.2 Å². The maximum atomic E-state index is 13.5. The van der Waals surface area contributed by atoms with E-state index in [1.807, 2.05) is 81.7 Å². The zero-order chi connectivity index (χ0) is 32.3. The highest BCUT2D eigenvalue weighted by Crippen LogP contribution is 2.30. The Morgan fingerprint density at radius 3 is 2.47 bits per heavy atom. The number of rotatable bonds is 13. The number of nitrogens with zero attached hydrogens (tertiary/aromatic N) is 3. The van der Waals surface area contributed by atoms with Crippen LogP contribution in [0.5, 0.6) is 17.2 Å². The van der Waals surface area contributed by atoms with Crippen LogP contribution in [0.1, 0.15) is 37.8 Å². The summed E-state index contributed by atoms with van der Waals surface area (Å²) in [6.07, 6.45) is 1.08. The van der Waals surface area contributed by atoms with Gasteiger partial charge >= 0.3 is 0 Å². The Kier molecular flexibility index (Phi) is 12.4. The minimum Gasteiger partial charge on any atom is -0.488 e. The molecule has 0 radical (unpaired) electrons. The lowest BCUT2D eigenvalue weighted by Gasteiger charge is -2.34. The molecule has 0 spiro atoms. The van der Waals surface area contributed by atoms with E-state index in [4.69, 9.17) is 9.47 Å². The lowest BCUT2D eigenvalue weighted by molar-refractivity contribution is -0.134. The molecule has 9 heteroatoms. The van der Waals surface area contributed by atoms with E-state index in [2.05, 4.69) is 41.2 Å². The molecule has 4 rings (SSSR count). The van der Waals surface area contributed by atoms with Gasteiger partial charge in [0.15, 0.2) is 0 Å². The minimum absolute atomic E-state index is 0.00549. The molecule has 2 amide bonds. The van der Waals surface area contributed by atoms with Crippen LogP contribution >= 0.6 is 0 Å². The van der Waals surface area contributed by atoms with Gasteiger partial charge in [0, 0.05) is 43.2 Å². The summed E-state index contributed by atoms with van der Waals surface area (Å²) in [6.45, 7) is 6.47. The van der Waals surface area contributed by atoms with Gasteiger partial charge in [-0.1, -0.05) is 37.3 Å². The summed E-state index contributed by atoms with van der Waals surface area (Å²) in [5.74, 6) is 2.08. The van der Waals surface area contributed by atoms with E-state index in [1.54, 1.807) is 4.90 Å². The van der Waals surface area contributed by atoms with Gasteiger partial charge in [-0.2, -0.15) is 0 Å². The SMILES string of the molecule is C[C@@H]1CN([C@@H](C)CO)C(=O)Cc2cc(NC(=O)CCCN(C)C)ccc2O[C@@H]1CN(C)Cc1ccc(Oc2ccccc2)cc1. The first kappa shape index (κ1) is 34.0. The van der Waals surface area contributed by atoms with E-state index >= 15 is 0 Å². The number of ether oxygens (including phenoxy) is 2. The molecule has 3 aromatic carbocycles. The molecule has 3 aromatic rings. The molecule has 0 aliphatic carbocycles. The molecule has 1 aliphatic heterocycles. The molecule has 2 N–H and O–H groups in total. The molecule has 0 unspecified atom stereocenters. The Balaban J connectivity index is 1.48. The standard InChI is InChI=1S/C36H48N4O5/c1-26-22-40(27(2)25-41)36(43)21-29-20-30(37-35(42)12-9-19-38(3)4)15-18-33(29)45-34(26)24-39(5)23-28-13-16-32(17-14-28)44-31-10-7-6-8-11-31/h6-8,10-11,13-18,20,26-27,34,41H,9,12,19,21-25H2,1-5H3,(H,37,42)/t26-,27+,34-/m1/s1. The van der Waals surface area contributed by atoms with Crippen LogP contribution in [-0.2, 0) is 22.6 Å². The van der Waals surface area contributed by atoms with E-state index in [9.17, 15) is 14.7 Å². The normalized spacial score (nSPS) is 17.6. The number of aliphatic hydroxyl groups excluding tert-OH is 1. The fourth-order valence-electron chi connectivity index (χ4n) is 5.48. The predicted molar refractivity (Wildman–Crippen MR) is 178 cm³/mol. The number of carbonyl (C=O) groups is 2. The van der Waals surface area contributed by atoms with Crippen LogP contribution in [0.2, 0.25) is 0 Å². The third-order valence-corrected chi connectivity index (χ3v) is 8.06. The molecule has 9 nitrogen and oxygen atoms in total. The van der Waals surface area contributed by atoms with E-state index < -0.39 is 0 Å². The van der Waals surface area contributed by atoms with Crippen LogP contribution < -0.4 is 14.8 Å². The van der Waals surface area contributed by atoms with Gasteiger partial charge in [0.2, 0.25) is 11.8 Å². The smallest absolute Gasteiger partial charge is 0.227 e. The molecule has 1 heterocycles. The van der Waals surface area contributed by atoms with Crippen LogP contribution in [0.25, 0.3) is 0 Å². The monoisotopic (exact) mass is 616 g/mol. The van der Waals surface area contributed by atoms with E-state index in [0.29, 0.717) is 37.5 Å². The fraction of sp³-hybridized carbons (Fsp3) is 0.444. The number of nitrogens with one attached hydrogen (secondary N) is 1. The number of fused-ring (bicyclic) bond motifs is 1.